The molecule has 0 amide bonds. The monoisotopic (exact) mass is 650 g/mol. The van der Waals surface area contributed by atoms with E-state index in [0.717, 1.165) is 19.3 Å². The van der Waals surface area contributed by atoms with Gasteiger partial charge in [0.1, 0.15) is 6.23 Å². The van der Waals surface area contributed by atoms with Gasteiger partial charge in [0, 0.05) is 6.04 Å². The van der Waals surface area contributed by atoms with Crippen LogP contribution >= 0.6 is 0 Å². The van der Waals surface area contributed by atoms with Crippen molar-refractivity contribution in [3.8, 4) is 0 Å². The summed E-state index contributed by atoms with van der Waals surface area (Å²) in [6, 6.07) is 0.460. The van der Waals surface area contributed by atoms with Crippen LogP contribution in [-0.2, 0) is 0 Å². The Bertz CT molecular complexity index is 536. The Labute approximate surface area is 293 Å². The van der Waals surface area contributed by atoms with Crippen molar-refractivity contribution in [1.82, 2.24) is 5.32 Å². The summed E-state index contributed by atoms with van der Waals surface area (Å²) in [4.78, 5) is 0. The zero-order valence-corrected chi connectivity index (χ0v) is 32.8. The molecule has 46 heavy (non-hydrogen) atoms. The first kappa shape index (κ1) is 45.9. The standard InChI is InChI=1S/C44H91NO/c1-5-8-10-12-14-16-18-20-21-22-23-24-25-26-27-29-31-33-35-37-39-41-44(46)45-43(7-3)42(4)40-38-36-34-32-30-28-19-17-15-13-11-9-6-2/h42-46H,5-41H2,1-4H3. The summed E-state index contributed by atoms with van der Waals surface area (Å²) in [5, 5.41) is 14.2. The van der Waals surface area contributed by atoms with Gasteiger partial charge < -0.3 is 5.11 Å². The predicted molar refractivity (Wildman–Crippen MR) is 210 cm³/mol. The molecule has 0 aromatic carbocycles. The number of nitrogens with one attached hydrogen (secondary N) is 1. The highest BCUT2D eigenvalue weighted by atomic mass is 16.3. The van der Waals surface area contributed by atoms with Gasteiger partial charge in [-0.1, -0.05) is 240 Å². The van der Waals surface area contributed by atoms with E-state index in [0.29, 0.717) is 12.0 Å². The second kappa shape index (κ2) is 39.4. The fourth-order valence-corrected chi connectivity index (χ4v) is 7.47. The van der Waals surface area contributed by atoms with E-state index < -0.39 is 0 Å². The molecule has 0 rings (SSSR count). The van der Waals surface area contributed by atoms with Crippen molar-refractivity contribution < 1.29 is 5.11 Å². The number of unbranched alkanes of at least 4 members (excludes halogenated alkanes) is 32. The third-order valence-electron chi connectivity index (χ3n) is 10.9. The summed E-state index contributed by atoms with van der Waals surface area (Å²) in [5.41, 5.74) is 0. The maximum absolute atomic E-state index is 10.6. The lowest BCUT2D eigenvalue weighted by atomic mass is 9.92. The van der Waals surface area contributed by atoms with Crippen LogP contribution in [0.5, 0.6) is 0 Å². The first-order valence-electron chi connectivity index (χ1n) is 22.1. The van der Waals surface area contributed by atoms with Crippen molar-refractivity contribution in [1.29, 1.82) is 0 Å². The zero-order valence-electron chi connectivity index (χ0n) is 32.8. The molecule has 2 heteroatoms. The van der Waals surface area contributed by atoms with Crippen LogP contribution in [0, 0.1) is 5.92 Å². The van der Waals surface area contributed by atoms with Crippen LogP contribution in [0.2, 0.25) is 0 Å². The van der Waals surface area contributed by atoms with E-state index in [1.807, 2.05) is 0 Å². The van der Waals surface area contributed by atoms with Crippen molar-refractivity contribution in [2.24, 2.45) is 5.92 Å². The van der Waals surface area contributed by atoms with Crippen molar-refractivity contribution >= 4 is 0 Å². The molecular formula is C44H91NO. The second-order valence-electron chi connectivity index (χ2n) is 15.6. The van der Waals surface area contributed by atoms with E-state index >= 15 is 0 Å². The molecule has 0 aliphatic carbocycles. The lowest BCUT2D eigenvalue weighted by Crippen LogP contribution is -2.41. The van der Waals surface area contributed by atoms with Gasteiger partial charge in [-0.05, 0) is 31.6 Å². The summed E-state index contributed by atoms with van der Waals surface area (Å²) in [6.45, 7) is 9.28. The van der Waals surface area contributed by atoms with Crippen molar-refractivity contribution in [3.63, 3.8) is 0 Å². The minimum absolute atomic E-state index is 0.320. The van der Waals surface area contributed by atoms with Crippen LogP contribution in [0.25, 0.3) is 0 Å². The van der Waals surface area contributed by atoms with Crippen molar-refractivity contribution in [3.05, 3.63) is 0 Å². The average Bonchev–Trinajstić information content (AvgIpc) is 3.06. The van der Waals surface area contributed by atoms with Gasteiger partial charge in [-0.15, -0.1) is 0 Å². The molecule has 0 saturated carbocycles. The molecule has 0 saturated heterocycles. The van der Waals surface area contributed by atoms with Crippen LogP contribution in [0.4, 0.5) is 0 Å². The highest BCUT2D eigenvalue weighted by Gasteiger charge is 2.17. The van der Waals surface area contributed by atoms with E-state index in [2.05, 4.69) is 33.0 Å². The molecule has 0 spiro atoms. The smallest absolute Gasteiger partial charge is 0.105 e. The fraction of sp³-hybridized carbons (Fsp3) is 1.00. The fourth-order valence-electron chi connectivity index (χ4n) is 7.47. The van der Waals surface area contributed by atoms with Crippen LogP contribution in [0.1, 0.15) is 265 Å². The molecule has 2 N–H and O–H groups in total. The minimum Gasteiger partial charge on any atom is -0.379 e. The first-order chi connectivity index (χ1) is 22.7. The van der Waals surface area contributed by atoms with Gasteiger partial charge in [0.15, 0.2) is 0 Å². The summed E-state index contributed by atoms with van der Waals surface area (Å²) < 4.78 is 0. The Morgan fingerprint density at radius 3 is 0.848 bits per heavy atom. The summed E-state index contributed by atoms with van der Waals surface area (Å²) in [6.07, 6.45) is 51.4. The Balaban J connectivity index is 3.45. The van der Waals surface area contributed by atoms with Crippen molar-refractivity contribution in [2.75, 3.05) is 0 Å². The number of hydrogen-bond acceptors (Lipinski definition) is 2. The van der Waals surface area contributed by atoms with Gasteiger partial charge in [-0.25, -0.2) is 0 Å². The average molecular weight is 650 g/mol. The van der Waals surface area contributed by atoms with Crippen molar-refractivity contribution in [2.45, 2.75) is 278 Å². The molecule has 278 valence electrons. The third kappa shape index (κ3) is 35.2. The van der Waals surface area contributed by atoms with Crippen LogP contribution in [0.15, 0.2) is 0 Å². The highest BCUT2D eigenvalue weighted by Crippen LogP contribution is 2.20. The highest BCUT2D eigenvalue weighted by molar-refractivity contribution is 4.74. The molecule has 0 radical (unpaired) electrons. The first-order valence-corrected chi connectivity index (χ1v) is 22.1. The Hall–Kier alpha value is -0.0800. The predicted octanol–water partition coefficient (Wildman–Crippen LogP) is 15.4. The molecule has 0 fully saturated rings. The number of aliphatic hydroxyl groups is 1. The van der Waals surface area contributed by atoms with Gasteiger partial charge in [0.25, 0.3) is 0 Å². The number of aliphatic hydroxyl groups excluding tert-OH is 1. The lowest BCUT2D eigenvalue weighted by molar-refractivity contribution is 0.0962. The van der Waals surface area contributed by atoms with Gasteiger partial charge in [-0.3, -0.25) is 5.32 Å². The number of rotatable bonds is 40. The van der Waals surface area contributed by atoms with E-state index in [1.165, 1.54) is 218 Å². The van der Waals surface area contributed by atoms with Gasteiger partial charge in [-0.2, -0.15) is 0 Å². The normalized spacial score (nSPS) is 13.8. The van der Waals surface area contributed by atoms with Crippen LogP contribution in [0.3, 0.4) is 0 Å². The van der Waals surface area contributed by atoms with E-state index in [4.69, 9.17) is 0 Å². The molecule has 0 heterocycles. The molecule has 0 aromatic heterocycles. The van der Waals surface area contributed by atoms with Crippen LogP contribution < -0.4 is 5.32 Å². The quantitative estimate of drug-likeness (QED) is 0.0511. The maximum Gasteiger partial charge on any atom is 0.105 e. The Kier molecular flexibility index (Phi) is 39.3. The van der Waals surface area contributed by atoms with E-state index in [-0.39, 0.29) is 6.23 Å². The topological polar surface area (TPSA) is 32.3 Å². The van der Waals surface area contributed by atoms with Gasteiger partial charge in [0.05, 0.1) is 0 Å². The van der Waals surface area contributed by atoms with Crippen LogP contribution in [-0.4, -0.2) is 17.4 Å². The SMILES string of the molecule is CCCCCCCCCCCCCCCCCCCCCCCC(O)NC(CC)C(C)CCCCCCCCCCCCCCC. The number of hydrogen-bond donors (Lipinski definition) is 2. The molecular weight excluding hydrogens is 558 g/mol. The molecule has 3 atom stereocenters. The maximum atomic E-state index is 10.6. The molecule has 3 unspecified atom stereocenters. The Morgan fingerprint density at radius 1 is 0.348 bits per heavy atom. The molecule has 2 nitrogen and oxygen atoms in total. The molecule has 0 bridgehead atoms. The molecule has 0 aliphatic rings. The molecule has 0 aliphatic heterocycles. The zero-order chi connectivity index (χ0) is 33.6. The third-order valence-corrected chi connectivity index (χ3v) is 10.9. The second-order valence-corrected chi connectivity index (χ2v) is 15.6. The Morgan fingerprint density at radius 2 is 0.587 bits per heavy atom. The largest absolute Gasteiger partial charge is 0.379 e. The summed E-state index contributed by atoms with van der Waals surface area (Å²) in [5.74, 6) is 0.659. The van der Waals surface area contributed by atoms with E-state index in [9.17, 15) is 5.11 Å². The van der Waals surface area contributed by atoms with E-state index in [1.54, 1.807) is 0 Å². The summed E-state index contributed by atoms with van der Waals surface area (Å²) >= 11 is 0. The lowest BCUT2D eigenvalue weighted by Gasteiger charge is -2.27. The summed E-state index contributed by atoms with van der Waals surface area (Å²) in [7, 11) is 0. The molecule has 0 aromatic rings. The van der Waals surface area contributed by atoms with Gasteiger partial charge >= 0.3 is 0 Å². The van der Waals surface area contributed by atoms with Gasteiger partial charge in [0.2, 0.25) is 0 Å². The minimum atomic E-state index is -0.320.